The third-order valence-electron chi connectivity index (χ3n) is 4.35. The molecule has 4 rings (SSSR count). The highest BCUT2D eigenvalue weighted by Gasteiger charge is 2.40. The van der Waals surface area contributed by atoms with Crippen LogP contribution in [0.15, 0.2) is 67.0 Å². The Morgan fingerprint density at radius 3 is 2.44 bits per heavy atom. The van der Waals surface area contributed by atoms with E-state index in [4.69, 9.17) is 0 Å². The Hall–Kier alpha value is -3.29. The fourth-order valence-electron chi connectivity index (χ4n) is 3.14. The normalized spacial score (nSPS) is 16.8. The van der Waals surface area contributed by atoms with Crippen LogP contribution in [0.4, 0.5) is 18.9 Å². The molecule has 1 aromatic heterocycles. The zero-order valence-electron chi connectivity index (χ0n) is 14.0. The lowest BCUT2D eigenvalue weighted by molar-refractivity contribution is -0.144. The largest absolute Gasteiger partial charge is 0.406 e. The first-order valence-electron chi connectivity index (χ1n) is 8.26. The van der Waals surface area contributed by atoms with Gasteiger partial charge in [-0.2, -0.15) is 18.3 Å². The van der Waals surface area contributed by atoms with Crippen LogP contribution in [0.3, 0.4) is 0 Å². The van der Waals surface area contributed by atoms with Gasteiger partial charge in [-0.05, 0) is 35.9 Å². The predicted octanol–water partition coefficient (Wildman–Crippen LogP) is 4.00. The highest BCUT2D eigenvalue weighted by atomic mass is 19.4. The topological polar surface area (TPSA) is 50.2 Å². The van der Waals surface area contributed by atoms with E-state index in [0.29, 0.717) is 11.3 Å². The van der Waals surface area contributed by atoms with Gasteiger partial charge in [-0.25, -0.2) is 4.68 Å². The Morgan fingerprint density at radius 2 is 1.78 bits per heavy atom. The summed E-state index contributed by atoms with van der Waals surface area (Å²) in [7, 11) is 0. The molecule has 1 aliphatic heterocycles. The molecule has 1 aliphatic rings. The number of aromatic nitrogens is 2. The van der Waals surface area contributed by atoms with Crippen molar-refractivity contribution in [1.82, 2.24) is 14.7 Å². The van der Waals surface area contributed by atoms with Crippen LogP contribution >= 0.6 is 0 Å². The summed E-state index contributed by atoms with van der Waals surface area (Å²) in [6, 6.07) is 15.2. The second-order valence-corrected chi connectivity index (χ2v) is 6.18. The second kappa shape index (κ2) is 6.46. The zero-order valence-corrected chi connectivity index (χ0v) is 14.0. The zero-order chi connectivity index (χ0) is 19.0. The summed E-state index contributed by atoms with van der Waals surface area (Å²) in [6.07, 6.45) is -2.02. The summed E-state index contributed by atoms with van der Waals surface area (Å²) in [4.78, 5) is 13.5. The monoisotopic (exact) mass is 372 g/mol. The average Bonchev–Trinajstić information content (AvgIpc) is 3.18. The molecule has 27 heavy (non-hydrogen) atoms. The van der Waals surface area contributed by atoms with Gasteiger partial charge < -0.3 is 10.2 Å². The van der Waals surface area contributed by atoms with Gasteiger partial charge in [0.25, 0.3) is 5.91 Å². The average molecular weight is 372 g/mol. The molecule has 0 spiro atoms. The van der Waals surface area contributed by atoms with Crippen LogP contribution in [0.2, 0.25) is 0 Å². The summed E-state index contributed by atoms with van der Waals surface area (Å²) in [5.74, 6) is -0.650. The Morgan fingerprint density at radius 1 is 1.04 bits per heavy atom. The van der Waals surface area contributed by atoms with Gasteiger partial charge in [-0.15, -0.1) is 0 Å². The number of nitrogens with one attached hydrogen (secondary N) is 1. The van der Waals surface area contributed by atoms with Crippen LogP contribution in [0.5, 0.6) is 0 Å². The molecule has 0 aliphatic carbocycles. The molecule has 8 heteroatoms. The lowest BCUT2D eigenvalue weighted by Gasteiger charge is -2.38. The molecule has 1 amide bonds. The van der Waals surface area contributed by atoms with Gasteiger partial charge in [-0.1, -0.05) is 24.3 Å². The van der Waals surface area contributed by atoms with Crippen LogP contribution in [-0.4, -0.2) is 33.3 Å². The number of fused-ring (bicyclic) bond motifs is 1. The predicted molar refractivity (Wildman–Crippen MR) is 93.5 cm³/mol. The molecule has 1 atom stereocenters. The van der Waals surface area contributed by atoms with Crippen LogP contribution in [0.1, 0.15) is 22.1 Å². The molecule has 0 fully saturated rings. The lowest BCUT2D eigenvalue weighted by Crippen LogP contribution is -2.47. The summed E-state index contributed by atoms with van der Waals surface area (Å²) in [5.41, 5.74) is 2.07. The molecule has 1 unspecified atom stereocenters. The maximum absolute atomic E-state index is 13.1. The molecule has 0 bridgehead atoms. The van der Waals surface area contributed by atoms with E-state index in [1.165, 1.54) is 6.07 Å². The van der Waals surface area contributed by atoms with E-state index in [2.05, 4.69) is 10.4 Å². The molecule has 5 nitrogen and oxygen atoms in total. The van der Waals surface area contributed by atoms with Crippen LogP contribution in [0.25, 0.3) is 5.69 Å². The van der Waals surface area contributed by atoms with Gasteiger partial charge in [0.15, 0.2) is 0 Å². The fourth-order valence-corrected chi connectivity index (χ4v) is 3.14. The Kier molecular flexibility index (Phi) is 4.10. The number of benzene rings is 2. The molecule has 3 aromatic rings. The van der Waals surface area contributed by atoms with E-state index in [9.17, 15) is 18.0 Å². The lowest BCUT2D eigenvalue weighted by atomic mass is 10.0. The number of alkyl halides is 3. The van der Waals surface area contributed by atoms with E-state index < -0.39 is 24.8 Å². The van der Waals surface area contributed by atoms with Gasteiger partial charge in [0, 0.05) is 18.1 Å². The van der Waals surface area contributed by atoms with Gasteiger partial charge in [0.1, 0.15) is 12.7 Å². The molecule has 0 radical (unpaired) electrons. The summed E-state index contributed by atoms with van der Waals surface area (Å²) in [5, 5.41) is 7.17. The maximum Gasteiger partial charge on any atom is 0.406 e. The van der Waals surface area contributed by atoms with E-state index in [-0.39, 0.29) is 5.56 Å². The number of nitrogens with zero attached hydrogens (tertiary/aromatic N) is 3. The smallest absolute Gasteiger partial charge is 0.361 e. The molecule has 138 valence electrons. The molecular weight excluding hydrogens is 357 g/mol. The number of amides is 1. The Balaban J connectivity index is 1.71. The number of hydrogen-bond donors (Lipinski definition) is 1. The summed E-state index contributed by atoms with van der Waals surface area (Å²) >= 11 is 0. The summed E-state index contributed by atoms with van der Waals surface area (Å²) in [6.45, 7) is -1.33. The van der Waals surface area contributed by atoms with Crippen molar-refractivity contribution >= 4 is 11.6 Å². The quantitative estimate of drug-likeness (QED) is 0.756. The first-order chi connectivity index (χ1) is 12.9. The molecular formula is C19H15F3N4O. The van der Waals surface area contributed by atoms with Crippen molar-refractivity contribution in [1.29, 1.82) is 0 Å². The van der Waals surface area contributed by atoms with Crippen LogP contribution in [-0.2, 0) is 0 Å². The first kappa shape index (κ1) is 17.1. The number of halogens is 3. The van der Waals surface area contributed by atoms with Crippen molar-refractivity contribution in [2.45, 2.75) is 12.3 Å². The highest BCUT2D eigenvalue weighted by Crippen LogP contribution is 2.35. The number of anilines is 1. The number of hydrogen-bond acceptors (Lipinski definition) is 3. The van der Waals surface area contributed by atoms with Crippen molar-refractivity contribution in [3.05, 3.63) is 78.1 Å². The number of para-hydroxylation sites is 1. The fraction of sp³-hybridized carbons (Fsp3) is 0.158. The SMILES string of the molecule is O=C1c2ccccc2NC(c2ccc(-n3cccn3)cc2)N1CC(F)(F)F. The molecule has 2 heterocycles. The minimum Gasteiger partial charge on any atom is -0.361 e. The second-order valence-electron chi connectivity index (χ2n) is 6.18. The number of carbonyl (C=O) groups excluding carboxylic acids is 1. The van der Waals surface area contributed by atoms with Crippen molar-refractivity contribution in [3.63, 3.8) is 0 Å². The molecule has 1 N–H and O–H groups in total. The molecule has 0 saturated heterocycles. The van der Waals surface area contributed by atoms with Gasteiger partial charge in [0.05, 0.1) is 11.3 Å². The third kappa shape index (κ3) is 3.38. The Labute approximate surface area is 153 Å². The van der Waals surface area contributed by atoms with Gasteiger partial charge in [0.2, 0.25) is 0 Å². The van der Waals surface area contributed by atoms with E-state index >= 15 is 0 Å². The summed E-state index contributed by atoms with van der Waals surface area (Å²) < 4.78 is 40.9. The van der Waals surface area contributed by atoms with Crippen molar-refractivity contribution in [2.75, 3.05) is 11.9 Å². The standard InChI is InChI=1S/C19H15F3N4O/c20-19(21,22)12-25-17(24-16-5-2-1-4-15(16)18(25)27)13-6-8-14(9-7-13)26-11-3-10-23-26/h1-11,17,24H,12H2. The van der Waals surface area contributed by atoms with E-state index in [1.54, 1.807) is 65.6 Å². The van der Waals surface area contributed by atoms with Gasteiger partial charge >= 0.3 is 6.18 Å². The Bertz CT molecular complexity index is 952. The van der Waals surface area contributed by atoms with Crippen molar-refractivity contribution < 1.29 is 18.0 Å². The first-order valence-corrected chi connectivity index (χ1v) is 8.26. The minimum absolute atomic E-state index is 0.228. The van der Waals surface area contributed by atoms with E-state index in [0.717, 1.165) is 10.6 Å². The minimum atomic E-state index is -4.50. The van der Waals surface area contributed by atoms with Crippen LogP contribution < -0.4 is 5.32 Å². The molecule has 2 aromatic carbocycles. The third-order valence-corrected chi connectivity index (χ3v) is 4.35. The maximum atomic E-state index is 13.1. The molecule has 0 saturated carbocycles. The van der Waals surface area contributed by atoms with Gasteiger partial charge in [-0.3, -0.25) is 4.79 Å². The number of rotatable bonds is 3. The van der Waals surface area contributed by atoms with Crippen LogP contribution in [0, 0.1) is 0 Å². The van der Waals surface area contributed by atoms with Crippen molar-refractivity contribution in [2.24, 2.45) is 0 Å². The van der Waals surface area contributed by atoms with Crippen molar-refractivity contribution in [3.8, 4) is 5.69 Å². The number of carbonyl (C=O) groups is 1. The van der Waals surface area contributed by atoms with E-state index in [1.807, 2.05) is 0 Å². The highest BCUT2D eigenvalue weighted by molar-refractivity contribution is 6.01.